The van der Waals surface area contributed by atoms with Crippen molar-refractivity contribution in [3.63, 3.8) is 0 Å². The molecule has 5 heteroatoms. The number of likely N-dealkylation sites (N-methyl/N-ethyl adjacent to an activating group) is 1. The molecule has 0 aliphatic carbocycles. The summed E-state index contributed by atoms with van der Waals surface area (Å²) in [6.45, 7) is 7.23. The molecule has 1 aliphatic heterocycles. The van der Waals surface area contributed by atoms with Crippen molar-refractivity contribution in [1.82, 2.24) is 9.88 Å². The highest BCUT2D eigenvalue weighted by Gasteiger charge is 2.16. The van der Waals surface area contributed by atoms with Gasteiger partial charge in [-0.05, 0) is 18.7 Å². The Labute approximate surface area is 101 Å². The summed E-state index contributed by atoms with van der Waals surface area (Å²) in [7, 11) is 0. The average Bonchev–Trinajstić information content (AvgIpc) is 2.39. The van der Waals surface area contributed by atoms with E-state index in [0.29, 0.717) is 0 Å². The number of hydrogen-bond acceptors (Lipinski definition) is 4. The lowest BCUT2D eigenvalue weighted by Gasteiger charge is -2.34. The van der Waals surface area contributed by atoms with Crippen LogP contribution in [-0.4, -0.2) is 53.7 Å². The van der Waals surface area contributed by atoms with Gasteiger partial charge >= 0.3 is 5.97 Å². The number of carboxylic acid groups (broad SMARTS) is 1. The van der Waals surface area contributed by atoms with Crippen molar-refractivity contribution in [2.75, 3.05) is 37.6 Å². The number of aromatic nitrogens is 1. The second-order valence-corrected chi connectivity index (χ2v) is 4.13. The van der Waals surface area contributed by atoms with Crippen LogP contribution >= 0.6 is 0 Å². The van der Waals surface area contributed by atoms with Crippen LogP contribution in [0.15, 0.2) is 18.3 Å². The largest absolute Gasteiger partial charge is 0.478 e. The Morgan fingerprint density at radius 3 is 2.53 bits per heavy atom. The summed E-state index contributed by atoms with van der Waals surface area (Å²) in [6, 6.07) is 3.39. The maximum atomic E-state index is 10.7. The maximum Gasteiger partial charge on any atom is 0.337 e. The van der Waals surface area contributed by atoms with Crippen LogP contribution in [0.1, 0.15) is 17.3 Å². The summed E-state index contributed by atoms with van der Waals surface area (Å²) in [5, 5.41) is 8.79. The number of anilines is 1. The molecule has 0 atom stereocenters. The zero-order chi connectivity index (χ0) is 12.3. The molecule has 1 N–H and O–H groups in total. The second-order valence-electron chi connectivity index (χ2n) is 4.13. The Balaban J connectivity index is 2.01. The van der Waals surface area contributed by atoms with Gasteiger partial charge in [-0.3, -0.25) is 0 Å². The number of carboxylic acids is 1. The first-order valence-corrected chi connectivity index (χ1v) is 5.87. The molecule has 1 aliphatic rings. The molecule has 1 saturated heterocycles. The predicted molar refractivity (Wildman–Crippen MR) is 65.5 cm³/mol. The zero-order valence-electron chi connectivity index (χ0n) is 9.96. The van der Waals surface area contributed by atoms with Gasteiger partial charge < -0.3 is 14.9 Å². The molecule has 0 unspecified atom stereocenters. The molecule has 1 aromatic heterocycles. The summed E-state index contributed by atoms with van der Waals surface area (Å²) in [4.78, 5) is 19.5. The average molecular weight is 235 g/mol. The smallest absolute Gasteiger partial charge is 0.337 e. The van der Waals surface area contributed by atoms with Crippen LogP contribution in [-0.2, 0) is 0 Å². The van der Waals surface area contributed by atoms with Crippen LogP contribution in [0.4, 0.5) is 5.82 Å². The quantitative estimate of drug-likeness (QED) is 0.844. The third-order valence-electron chi connectivity index (χ3n) is 3.14. The number of carbonyl (C=O) groups is 1. The number of piperazine rings is 1. The van der Waals surface area contributed by atoms with Gasteiger partial charge in [0.25, 0.3) is 0 Å². The number of aromatic carboxylic acids is 1. The highest BCUT2D eigenvalue weighted by atomic mass is 16.4. The lowest BCUT2D eigenvalue weighted by atomic mass is 10.2. The van der Waals surface area contributed by atoms with Crippen LogP contribution in [0.3, 0.4) is 0 Å². The van der Waals surface area contributed by atoms with Crippen LogP contribution < -0.4 is 4.90 Å². The molecule has 0 aromatic carbocycles. The number of hydrogen-bond donors (Lipinski definition) is 1. The van der Waals surface area contributed by atoms with Crippen molar-refractivity contribution < 1.29 is 9.90 Å². The van der Waals surface area contributed by atoms with Crippen LogP contribution in [0.5, 0.6) is 0 Å². The lowest BCUT2D eigenvalue weighted by molar-refractivity contribution is 0.0696. The van der Waals surface area contributed by atoms with Crippen molar-refractivity contribution in [2.24, 2.45) is 0 Å². The van der Waals surface area contributed by atoms with Crippen molar-refractivity contribution in [3.8, 4) is 0 Å². The normalized spacial score (nSPS) is 17.1. The molecule has 1 aromatic rings. The van der Waals surface area contributed by atoms with E-state index < -0.39 is 5.97 Å². The van der Waals surface area contributed by atoms with Crippen LogP contribution in [0, 0.1) is 0 Å². The molecule has 2 rings (SSSR count). The highest BCUT2D eigenvalue weighted by molar-refractivity contribution is 5.87. The van der Waals surface area contributed by atoms with Crippen molar-refractivity contribution in [3.05, 3.63) is 23.9 Å². The van der Waals surface area contributed by atoms with E-state index in [-0.39, 0.29) is 5.56 Å². The Bertz CT molecular complexity index is 383. The van der Waals surface area contributed by atoms with Crippen molar-refractivity contribution in [2.45, 2.75) is 6.92 Å². The summed E-state index contributed by atoms with van der Waals surface area (Å²) in [6.07, 6.45) is 1.42. The fraction of sp³-hybridized carbons (Fsp3) is 0.500. The zero-order valence-corrected chi connectivity index (χ0v) is 9.96. The minimum atomic E-state index is -0.931. The molecule has 17 heavy (non-hydrogen) atoms. The van der Waals surface area contributed by atoms with Gasteiger partial charge in [-0.2, -0.15) is 0 Å². The van der Waals surface area contributed by atoms with E-state index in [2.05, 4.69) is 21.7 Å². The molecule has 0 spiro atoms. The fourth-order valence-corrected chi connectivity index (χ4v) is 1.99. The van der Waals surface area contributed by atoms with Crippen LogP contribution in [0.25, 0.3) is 0 Å². The van der Waals surface area contributed by atoms with Gasteiger partial charge in [-0.1, -0.05) is 6.92 Å². The van der Waals surface area contributed by atoms with Gasteiger partial charge in [0.2, 0.25) is 0 Å². The molecule has 2 heterocycles. The number of nitrogens with zero attached hydrogens (tertiary/aromatic N) is 3. The topological polar surface area (TPSA) is 56.7 Å². The third-order valence-corrected chi connectivity index (χ3v) is 3.14. The minimum absolute atomic E-state index is 0.237. The summed E-state index contributed by atoms with van der Waals surface area (Å²) in [5.41, 5.74) is 0.237. The molecule has 92 valence electrons. The molecular formula is C12H17N3O2. The van der Waals surface area contributed by atoms with Gasteiger partial charge in [-0.25, -0.2) is 9.78 Å². The number of rotatable bonds is 3. The Kier molecular flexibility index (Phi) is 3.58. The van der Waals surface area contributed by atoms with Gasteiger partial charge in [0.1, 0.15) is 5.82 Å². The van der Waals surface area contributed by atoms with E-state index in [1.807, 2.05) is 0 Å². The van der Waals surface area contributed by atoms with E-state index in [1.165, 1.54) is 6.20 Å². The van der Waals surface area contributed by atoms with Crippen molar-refractivity contribution in [1.29, 1.82) is 0 Å². The van der Waals surface area contributed by atoms with E-state index >= 15 is 0 Å². The monoisotopic (exact) mass is 235 g/mol. The highest BCUT2D eigenvalue weighted by Crippen LogP contribution is 2.13. The first-order chi connectivity index (χ1) is 8.20. The number of pyridine rings is 1. The predicted octanol–water partition coefficient (Wildman–Crippen LogP) is 0.922. The Morgan fingerprint density at radius 1 is 1.35 bits per heavy atom. The summed E-state index contributed by atoms with van der Waals surface area (Å²) < 4.78 is 0. The van der Waals surface area contributed by atoms with Gasteiger partial charge in [0.15, 0.2) is 0 Å². The summed E-state index contributed by atoms with van der Waals surface area (Å²) in [5.74, 6) is -0.0643. The molecule has 0 amide bonds. The van der Waals surface area contributed by atoms with Crippen LogP contribution in [0.2, 0.25) is 0 Å². The van der Waals surface area contributed by atoms with Gasteiger partial charge in [-0.15, -0.1) is 0 Å². The Morgan fingerprint density at radius 2 is 2.06 bits per heavy atom. The first-order valence-electron chi connectivity index (χ1n) is 5.87. The van der Waals surface area contributed by atoms with Gasteiger partial charge in [0.05, 0.1) is 5.56 Å². The minimum Gasteiger partial charge on any atom is -0.478 e. The fourth-order valence-electron chi connectivity index (χ4n) is 1.99. The molecular weight excluding hydrogens is 218 g/mol. The standard InChI is InChI=1S/C12H17N3O2/c1-2-14-5-7-15(8-6-14)11-4-3-10(9-13-11)12(16)17/h3-4,9H,2,5-8H2,1H3,(H,16,17). The van der Waals surface area contributed by atoms with E-state index in [0.717, 1.165) is 38.5 Å². The second kappa shape index (κ2) is 5.14. The Hall–Kier alpha value is -1.62. The lowest BCUT2D eigenvalue weighted by Crippen LogP contribution is -2.46. The third kappa shape index (κ3) is 2.74. The van der Waals surface area contributed by atoms with E-state index in [1.54, 1.807) is 12.1 Å². The molecule has 1 fully saturated rings. The maximum absolute atomic E-state index is 10.7. The summed E-state index contributed by atoms with van der Waals surface area (Å²) >= 11 is 0. The molecule has 5 nitrogen and oxygen atoms in total. The SMILES string of the molecule is CCN1CCN(c2ccc(C(=O)O)cn2)CC1. The molecule has 0 saturated carbocycles. The molecule has 0 radical (unpaired) electrons. The van der Waals surface area contributed by atoms with Crippen molar-refractivity contribution >= 4 is 11.8 Å². The van der Waals surface area contributed by atoms with E-state index in [9.17, 15) is 4.79 Å². The first kappa shape index (κ1) is 11.9. The molecule has 0 bridgehead atoms. The van der Waals surface area contributed by atoms with E-state index in [4.69, 9.17) is 5.11 Å². The van der Waals surface area contributed by atoms with Gasteiger partial charge in [0, 0.05) is 32.4 Å².